The number of halogens is 3. The Morgan fingerprint density at radius 2 is 1.81 bits per heavy atom. The van der Waals surface area contributed by atoms with Crippen molar-refractivity contribution >= 4 is 28.6 Å². The van der Waals surface area contributed by atoms with Crippen LogP contribution in [0.2, 0.25) is 0 Å². The van der Waals surface area contributed by atoms with E-state index in [2.05, 4.69) is 20.5 Å². The third kappa shape index (κ3) is 7.66. The van der Waals surface area contributed by atoms with Crippen LogP contribution in [0.4, 0.5) is 18.3 Å². The first-order valence-corrected chi connectivity index (χ1v) is 12.1. The highest BCUT2D eigenvalue weighted by Crippen LogP contribution is 2.33. The van der Waals surface area contributed by atoms with Crippen LogP contribution >= 0.6 is 11.3 Å². The summed E-state index contributed by atoms with van der Waals surface area (Å²) < 4.78 is 55.4. The molecule has 1 aromatic heterocycles. The van der Waals surface area contributed by atoms with Crippen molar-refractivity contribution < 1.29 is 32.2 Å². The topological polar surface area (TPSA) is 94.9 Å². The van der Waals surface area contributed by atoms with Gasteiger partial charge in [-0.2, -0.15) is 13.2 Å². The van der Waals surface area contributed by atoms with E-state index in [-0.39, 0.29) is 22.9 Å². The molecule has 1 heterocycles. The first-order chi connectivity index (χ1) is 17.6. The lowest BCUT2D eigenvalue weighted by Gasteiger charge is -2.16. The first kappa shape index (κ1) is 27.9. The van der Waals surface area contributed by atoms with Crippen molar-refractivity contribution in [3.05, 3.63) is 58.1 Å². The maximum absolute atomic E-state index is 12.8. The highest BCUT2D eigenvalue weighted by atomic mass is 32.1. The van der Waals surface area contributed by atoms with Crippen LogP contribution < -0.4 is 19.5 Å². The third-order valence-corrected chi connectivity index (χ3v) is 6.13. The Balaban J connectivity index is 1.61. The van der Waals surface area contributed by atoms with Gasteiger partial charge < -0.3 is 19.2 Å². The number of aryl methyl sites for hydroxylation is 2. The number of amides is 1. The highest BCUT2D eigenvalue weighted by Gasteiger charge is 2.36. The van der Waals surface area contributed by atoms with Gasteiger partial charge >= 0.3 is 6.18 Å². The number of para-hydroxylation sites is 1. The number of ether oxygens (including phenoxy) is 3. The second kappa shape index (κ2) is 12.5. The lowest BCUT2D eigenvalue weighted by molar-refractivity contribution is -0.138. The van der Waals surface area contributed by atoms with Crippen molar-refractivity contribution in [2.24, 2.45) is 10.9 Å². The number of aromatic nitrogens is 2. The standard InChI is InChI=1S/C25H27F3N4O4S/c1-15-6-5-7-16(2)21(15)36-11-10-35-19-9-8-17(13-20(19)34-4)12-18(14-29-3)22(33)30-24-32-31-23(37-24)25(26,27)28/h5-9,13-14,18H,10-12H2,1-4H3,(H,30,32,33). The summed E-state index contributed by atoms with van der Waals surface area (Å²) in [5.41, 5.74) is 2.83. The first-order valence-electron chi connectivity index (χ1n) is 11.2. The molecule has 3 aromatic rings. The van der Waals surface area contributed by atoms with Gasteiger partial charge in [-0.3, -0.25) is 10.1 Å². The van der Waals surface area contributed by atoms with Gasteiger partial charge in [-0.25, -0.2) is 0 Å². The monoisotopic (exact) mass is 536 g/mol. The minimum absolute atomic E-state index is 0.223. The van der Waals surface area contributed by atoms with E-state index in [4.69, 9.17) is 14.2 Å². The van der Waals surface area contributed by atoms with Crippen molar-refractivity contribution in [1.29, 1.82) is 0 Å². The van der Waals surface area contributed by atoms with Gasteiger partial charge in [0.05, 0.1) is 13.0 Å². The van der Waals surface area contributed by atoms with Gasteiger partial charge in [0.2, 0.25) is 16.0 Å². The van der Waals surface area contributed by atoms with E-state index < -0.39 is 23.0 Å². The summed E-state index contributed by atoms with van der Waals surface area (Å²) in [6.45, 7) is 4.59. The molecule has 0 radical (unpaired) electrons. The molecule has 0 bridgehead atoms. The number of anilines is 1. The lowest BCUT2D eigenvalue weighted by atomic mass is 9.99. The van der Waals surface area contributed by atoms with Crippen molar-refractivity contribution in [2.45, 2.75) is 26.4 Å². The minimum Gasteiger partial charge on any atom is -0.493 e. The Hall–Kier alpha value is -3.67. The maximum Gasteiger partial charge on any atom is 0.445 e. The van der Waals surface area contributed by atoms with Gasteiger partial charge in [0.25, 0.3) is 0 Å². The molecule has 12 heteroatoms. The molecule has 0 aliphatic carbocycles. The molecule has 0 aliphatic rings. The number of carbonyl (C=O) groups excluding carboxylic acids is 1. The van der Waals surface area contributed by atoms with Crippen molar-refractivity contribution in [3.8, 4) is 17.2 Å². The number of nitrogens with one attached hydrogen (secondary N) is 1. The second-order valence-corrected chi connectivity index (χ2v) is 9.00. The van der Waals surface area contributed by atoms with Crippen LogP contribution in [0.15, 0.2) is 41.4 Å². The molecule has 2 aromatic carbocycles. The molecule has 0 spiro atoms. The molecular formula is C25H27F3N4O4S. The van der Waals surface area contributed by atoms with Gasteiger partial charge in [0.1, 0.15) is 19.0 Å². The second-order valence-electron chi connectivity index (χ2n) is 8.02. The molecular weight excluding hydrogens is 509 g/mol. The molecule has 3 rings (SSSR count). The van der Waals surface area contributed by atoms with E-state index in [9.17, 15) is 18.0 Å². The Kier molecular flexibility index (Phi) is 9.45. The molecule has 1 amide bonds. The number of aliphatic imine (C=N–C) groups is 1. The molecule has 0 aliphatic heterocycles. The largest absolute Gasteiger partial charge is 0.493 e. The van der Waals surface area contributed by atoms with E-state index in [1.165, 1.54) is 20.4 Å². The van der Waals surface area contributed by atoms with Crippen LogP contribution in [0.25, 0.3) is 0 Å². The zero-order chi connectivity index (χ0) is 27.0. The van der Waals surface area contributed by atoms with E-state index in [0.29, 0.717) is 24.7 Å². The van der Waals surface area contributed by atoms with Gasteiger partial charge in [0, 0.05) is 13.3 Å². The average Bonchev–Trinajstić information content (AvgIpc) is 3.32. The number of benzene rings is 2. The fraction of sp³-hybridized carbons (Fsp3) is 0.360. The number of hydrogen-bond acceptors (Lipinski definition) is 8. The number of nitrogens with zero attached hydrogens (tertiary/aromatic N) is 3. The molecule has 1 N–H and O–H groups in total. The number of alkyl halides is 3. The Labute approximate surface area is 216 Å². The van der Waals surface area contributed by atoms with Crippen LogP contribution in [0.5, 0.6) is 17.2 Å². The highest BCUT2D eigenvalue weighted by molar-refractivity contribution is 7.15. The van der Waals surface area contributed by atoms with Crippen LogP contribution in [-0.2, 0) is 17.4 Å². The summed E-state index contributed by atoms with van der Waals surface area (Å²) in [4.78, 5) is 16.6. The number of hydrogen-bond donors (Lipinski definition) is 1. The summed E-state index contributed by atoms with van der Waals surface area (Å²) in [6, 6.07) is 11.2. The maximum atomic E-state index is 12.8. The molecule has 0 saturated carbocycles. The Morgan fingerprint density at radius 3 is 2.43 bits per heavy atom. The smallest absolute Gasteiger partial charge is 0.445 e. The SMILES string of the molecule is CN=CC(Cc1ccc(OCCOc2c(C)cccc2C)c(OC)c1)C(=O)Nc1nnc(C(F)(F)F)s1. The molecule has 1 unspecified atom stereocenters. The third-order valence-electron chi connectivity index (χ3n) is 5.24. The van der Waals surface area contributed by atoms with Gasteiger partial charge in [-0.1, -0.05) is 35.6 Å². The molecule has 0 fully saturated rings. The van der Waals surface area contributed by atoms with Gasteiger partial charge in [-0.15, -0.1) is 10.2 Å². The van der Waals surface area contributed by atoms with Gasteiger partial charge in [0.15, 0.2) is 11.5 Å². The van der Waals surface area contributed by atoms with Crippen LogP contribution in [0, 0.1) is 19.8 Å². The zero-order valence-corrected chi connectivity index (χ0v) is 21.6. The Morgan fingerprint density at radius 1 is 1.11 bits per heavy atom. The average molecular weight is 537 g/mol. The summed E-state index contributed by atoms with van der Waals surface area (Å²) in [6.07, 6.45) is -2.99. The van der Waals surface area contributed by atoms with Crippen molar-refractivity contribution in [2.75, 3.05) is 32.7 Å². The Bertz CT molecular complexity index is 1230. The molecule has 37 heavy (non-hydrogen) atoms. The zero-order valence-electron chi connectivity index (χ0n) is 20.8. The predicted octanol–water partition coefficient (Wildman–Crippen LogP) is 5.14. The molecule has 198 valence electrons. The van der Waals surface area contributed by atoms with E-state index in [1.54, 1.807) is 18.2 Å². The molecule has 1 atom stereocenters. The lowest BCUT2D eigenvalue weighted by Crippen LogP contribution is -2.26. The summed E-state index contributed by atoms with van der Waals surface area (Å²) in [5, 5.41) is 7.48. The molecule has 8 nitrogen and oxygen atoms in total. The van der Waals surface area contributed by atoms with E-state index >= 15 is 0 Å². The van der Waals surface area contributed by atoms with Gasteiger partial charge in [-0.05, 0) is 49.1 Å². The van der Waals surface area contributed by atoms with Crippen LogP contribution in [0.3, 0.4) is 0 Å². The summed E-state index contributed by atoms with van der Waals surface area (Å²) >= 11 is 0.257. The normalized spacial score (nSPS) is 12.4. The number of carbonyl (C=O) groups is 1. The van der Waals surface area contributed by atoms with Crippen molar-refractivity contribution in [1.82, 2.24) is 10.2 Å². The quantitative estimate of drug-likeness (QED) is 0.269. The fourth-order valence-electron chi connectivity index (χ4n) is 3.51. The minimum atomic E-state index is -4.63. The van der Waals surface area contributed by atoms with Crippen LogP contribution in [0.1, 0.15) is 21.7 Å². The molecule has 0 saturated heterocycles. The van der Waals surface area contributed by atoms with Crippen molar-refractivity contribution in [3.63, 3.8) is 0 Å². The number of methoxy groups -OCH3 is 1. The van der Waals surface area contributed by atoms with Crippen LogP contribution in [-0.4, -0.2) is 49.7 Å². The predicted molar refractivity (Wildman–Crippen MR) is 135 cm³/mol. The fourth-order valence-corrected chi connectivity index (χ4v) is 4.13. The summed E-state index contributed by atoms with van der Waals surface area (Å²) in [7, 11) is 3.01. The van der Waals surface area contributed by atoms with E-state index in [0.717, 1.165) is 22.4 Å². The summed E-state index contributed by atoms with van der Waals surface area (Å²) in [5.74, 6) is 0.494. The van der Waals surface area contributed by atoms with E-state index in [1.807, 2.05) is 32.0 Å². The number of rotatable bonds is 11.